The molecule has 23 heavy (non-hydrogen) atoms. The zero-order valence-electron chi connectivity index (χ0n) is 12.6. The van der Waals surface area contributed by atoms with E-state index in [1.807, 2.05) is 30.3 Å². The maximum atomic E-state index is 11.8. The average Bonchev–Trinajstić information content (AvgIpc) is 3.13. The van der Waals surface area contributed by atoms with Gasteiger partial charge in [-0.15, -0.1) is 0 Å². The first-order valence-corrected chi connectivity index (χ1v) is 8.11. The Labute approximate surface area is 143 Å². The lowest BCUT2D eigenvalue weighted by molar-refractivity contribution is -0.113. The van der Waals surface area contributed by atoms with Crippen molar-refractivity contribution in [3.63, 3.8) is 0 Å². The third-order valence-electron chi connectivity index (χ3n) is 3.37. The van der Waals surface area contributed by atoms with Gasteiger partial charge in [-0.25, -0.2) is 0 Å². The predicted octanol–water partition coefficient (Wildman–Crippen LogP) is 4.34. The van der Waals surface area contributed by atoms with E-state index in [1.54, 1.807) is 20.3 Å². The van der Waals surface area contributed by atoms with Gasteiger partial charge in [0.15, 0.2) is 17.3 Å². The maximum absolute atomic E-state index is 11.8. The Morgan fingerprint density at radius 3 is 2.61 bits per heavy atom. The summed E-state index contributed by atoms with van der Waals surface area (Å²) in [5, 5.41) is 0. The van der Waals surface area contributed by atoms with Crippen molar-refractivity contribution >= 4 is 40.0 Å². The highest BCUT2D eigenvalue weighted by Crippen LogP contribution is 2.35. The maximum Gasteiger partial charge on any atom is 0.175 e. The molecule has 0 bridgehead atoms. The summed E-state index contributed by atoms with van der Waals surface area (Å²) in [6, 6.07) is 9.24. The van der Waals surface area contributed by atoms with Crippen LogP contribution in [0.4, 0.5) is 0 Å². The molecular weight excluding hydrogens is 332 g/mol. The van der Waals surface area contributed by atoms with E-state index in [0.29, 0.717) is 38.5 Å². The topological polar surface area (TPSA) is 48.7 Å². The molecule has 0 radical (unpaired) electrons. The fourth-order valence-corrected chi connectivity index (χ4v) is 3.46. The molecule has 1 aromatic carbocycles. The normalized spacial score (nSPS) is 16.2. The zero-order valence-corrected chi connectivity index (χ0v) is 14.3. The summed E-state index contributed by atoms with van der Waals surface area (Å²) < 4.78 is 17.0. The summed E-state index contributed by atoms with van der Waals surface area (Å²) in [5.41, 5.74) is 0.869. The molecule has 0 amide bonds. The highest BCUT2D eigenvalue weighted by molar-refractivity contribution is 8.27. The molecule has 0 spiro atoms. The molecule has 0 aliphatic carbocycles. The summed E-state index contributed by atoms with van der Waals surface area (Å²) >= 11 is 6.40. The van der Waals surface area contributed by atoms with E-state index in [-0.39, 0.29) is 5.78 Å². The van der Waals surface area contributed by atoms with Crippen LogP contribution in [-0.4, -0.2) is 24.2 Å². The fraction of sp³-hybridized carbons (Fsp3) is 0.176. The third-order valence-corrected chi connectivity index (χ3v) is 4.70. The summed E-state index contributed by atoms with van der Waals surface area (Å²) in [6.07, 6.45) is 2.06. The number of Topliss-reactive ketones (excluding diaryl/α,β-unsaturated/α-hetero) is 1. The number of furan rings is 1. The van der Waals surface area contributed by atoms with Gasteiger partial charge in [0.1, 0.15) is 11.5 Å². The first-order chi connectivity index (χ1) is 11.1. The molecular formula is C17H14O4S2. The minimum absolute atomic E-state index is 0.0454. The average molecular weight is 346 g/mol. The van der Waals surface area contributed by atoms with Crippen molar-refractivity contribution in [2.24, 2.45) is 0 Å². The smallest absolute Gasteiger partial charge is 0.175 e. The number of ketones is 1. The SMILES string of the molecule is COc1ccc(-c2ccc(/C=C3\SC(=S)CC3=O)o2)cc1OC. The van der Waals surface area contributed by atoms with Crippen molar-refractivity contribution in [3.8, 4) is 22.8 Å². The Hall–Kier alpha value is -2.05. The van der Waals surface area contributed by atoms with Crippen molar-refractivity contribution in [2.45, 2.75) is 6.42 Å². The highest BCUT2D eigenvalue weighted by atomic mass is 32.2. The van der Waals surface area contributed by atoms with Gasteiger partial charge in [0.05, 0.1) is 29.7 Å². The molecule has 4 nitrogen and oxygen atoms in total. The lowest BCUT2D eigenvalue weighted by Crippen LogP contribution is -1.90. The summed E-state index contributed by atoms with van der Waals surface area (Å²) in [7, 11) is 3.18. The molecule has 2 heterocycles. The van der Waals surface area contributed by atoms with Crippen LogP contribution >= 0.6 is 24.0 Å². The van der Waals surface area contributed by atoms with Gasteiger partial charge >= 0.3 is 0 Å². The monoisotopic (exact) mass is 346 g/mol. The second-order valence-electron chi connectivity index (χ2n) is 4.85. The van der Waals surface area contributed by atoms with Crippen LogP contribution in [-0.2, 0) is 4.79 Å². The van der Waals surface area contributed by atoms with Crippen molar-refractivity contribution in [1.29, 1.82) is 0 Å². The van der Waals surface area contributed by atoms with Crippen LogP contribution in [0.5, 0.6) is 11.5 Å². The van der Waals surface area contributed by atoms with E-state index in [1.165, 1.54) is 11.8 Å². The Bertz CT molecular complexity index is 805. The molecule has 2 aromatic rings. The van der Waals surface area contributed by atoms with Crippen LogP contribution in [0.1, 0.15) is 12.2 Å². The van der Waals surface area contributed by atoms with Gasteiger partial charge in [-0.1, -0.05) is 24.0 Å². The molecule has 1 saturated heterocycles. The van der Waals surface area contributed by atoms with Gasteiger partial charge in [-0.3, -0.25) is 4.79 Å². The van der Waals surface area contributed by atoms with Crippen molar-refractivity contribution in [3.05, 3.63) is 41.0 Å². The predicted molar refractivity (Wildman–Crippen MR) is 95.0 cm³/mol. The number of methoxy groups -OCH3 is 2. The molecule has 1 aliphatic heterocycles. The first kappa shape index (κ1) is 15.8. The second-order valence-corrected chi connectivity index (χ2v) is 6.74. The number of rotatable bonds is 4. The molecule has 118 valence electrons. The number of thiocarbonyl (C=S) groups is 1. The standard InChI is InChI=1S/C17H14O4S2/c1-19-14-5-3-10(7-15(14)20-2)13-6-4-11(21-13)8-16-12(18)9-17(22)23-16/h3-8H,9H2,1-2H3/b16-8-. The Morgan fingerprint density at radius 1 is 1.17 bits per heavy atom. The lowest BCUT2D eigenvalue weighted by Gasteiger charge is -2.08. The third kappa shape index (κ3) is 3.33. The molecule has 1 aliphatic rings. The lowest BCUT2D eigenvalue weighted by atomic mass is 10.1. The minimum atomic E-state index is 0.0454. The Morgan fingerprint density at radius 2 is 1.96 bits per heavy atom. The quantitative estimate of drug-likeness (QED) is 0.606. The summed E-state index contributed by atoms with van der Waals surface area (Å²) in [6.45, 7) is 0. The number of allylic oxidation sites excluding steroid dienone is 1. The van der Waals surface area contributed by atoms with Crippen molar-refractivity contribution in [2.75, 3.05) is 14.2 Å². The van der Waals surface area contributed by atoms with E-state index >= 15 is 0 Å². The van der Waals surface area contributed by atoms with Crippen LogP contribution in [0.15, 0.2) is 39.7 Å². The van der Waals surface area contributed by atoms with Gasteiger partial charge in [0, 0.05) is 5.56 Å². The molecule has 3 rings (SSSR count). The van der Waals surface area contributed by atoms with E-state index in [4.69, 9.17) is 26.1 Å². The van der Waals surface area contributed by atoms with Gasteiger partial charge < -0.3 is 13.9 Å². The zero-order chi connectivity index (χ0) is 16.4. The van der Waals surface area contributed by atoms with E-state index in [9.17, 15) is 4.79 Å². The Balaban J connectivity index is 1.89. The Kier molecular flexibility index (Phi) is 4.54. The van der Waals surface area contributed by atoms with Crippen LogP contribution < -0.4 is 9.47 Å². The van der Waals surface area contributed by atoms with E-state index in [0.717, 1.165) is 5.56 Å². The largest absolute Gasteiger partial charge is 0.493 e. The summed E-state index contributed by atoms with van der Waals surface area (Å²) in [5.74, 6) is 2.65. The number of hydrogen-bond acceptors (Lipinski definition) is 6. The number of hydrogen-bond donors (Lipinski definition) is 0. The van der Waals surface area contributed by atoms with E-state index < -0.39 is 0 Å². The number of carbonyl (C=O) groups is 1. The van der Waals surface area contributed by atoms with Crippen molar-refractivity contribution < 1.29 is 18.7 Å². The molecule has 1 fully saturated rings. The highest BCUT2D eigenvalue weighted by Gasteiger charge is 2.23. The summed E-state index contributed by atoms with van der Waals surface area (Å²) in [4.78, 5) is 12.4. The molecule has 0 saturated carbocycles. The molecule has 0 unspecified atom stereocenters. The van der Waals surface area contributed by atoms with Crippen LogP contribution in [0, 0.1) is 0 Å². The number of ether oxygens (including phenoxy) is 2. The fourth-order valence-electron chi connectivity index (χ4n) is 2.25. The molecule has 1 aromatic heterocycles. The van der Waals surface area contributed by atoms with Crippen LogP contribution in [0.25, 0.3) is 17.4 Å². The number of thioether (sulfide) groups is 1. The molecule has 0 N–H and O–H groups in total. The second kappa shape index (κ2) is 6.60. The van der Waals surface area contributed by atoms with Gasteiger partial charge in [0.2, 0.25) is 0 Å². The first-order valence-electron chi connectivity index (χ1n) is 6.88. The molecule has 0 atom stereocenters. The van der Waals surface area contributed by atoms with Gasteiger partial charge in [-0.2, -0.15) is 0 Å². The van der Waals surface area contributed by atoms with Gasteiger partial charge in [-0.05, 0) is 36.4 Å². The van der Waals surface area contributed by atoms with Crippen molar-refractivity contribution in [1.82, 2.24) is 0 Å². The number of benzene rings is 1. The number of carbonyl (C=O) groups excluding carboxylic acids is 1. The van der Waals surface area contributed by atoms with Gasteiger partial charge in [0.25, 0.3) is 0 Å². The van der Waals surface area contributed by atoms with E-state index in [2.05, 4.69) is 0 Å². The van der Waals surface area contributed by atoms with Crippen LogP contribution in [0.2, 0.25) is 0 Å². The van der Waals surface area contributed by atoms with Crippen LogP contribution in [0.3, 0.4) is 0 Å². The minimum Gasteiger partial charge on any atom is -0.493 e. The molecule has 6 heteroatoms.